The number of benzene rings is 3. The van der Waals surface area contributed by atoms with Crippen LogP contribution in [0.1, 0.15) is 19.8 Å². The average molecular weight is 528 g/mol. The number of hydrogen-bond donors (Lipinski definition) is 4. The summed E-state index contributed by atoms with van der Waals surface area (Å²) in [6, 6.07) is 14.1. The largest absolute Gasteiger partial charge is 0.354 e. The van der Waals surface area contributed by atoms with Crippen molar-refractivity contribution < 1.29 is 21.4 Å². The van der Waals surface area contributed by atoms with E-state index in [2.05, 4.69) is 9.97 Å². The fourth-order valence-corrected chi connectivity index (χ4v) is 7.12. The maximum atomic E-state index is 13.6. The molecule has 2 aromatic heterocycles. The smallest absolute Gasteiger partial charge is 0.282 e. The second-order valence-corrected chi connectivity index (χ2v) is 11.8. The molecule has 3 aromatic carbocycles. The average Bonchev–Trinajstić information content (AvgIpc) is 2.82. The van der Waals surface area contributed by atoms with Gasteiger partial charge >= 0.3 is 0 Å². The Kier molecular flexibility index (Phi) is 5.71. The number of hydrogen-bond acceptors (Lipinski definition) is 6. The number of rotatable bonds is 6. The van der Waals surface area contributed by atoms with E-state index in [0.29, 0.717) is 27.3 Å². The van der Waals surface area contributed by atoms with Gasteiger partial charge in [0.15, 0.2) is 10.9 Å². The summed E-state index contributed by atoms with van der Waals surface area (Å²) in [6.07, 6.45) is 0.128. The van der Waals surface area contributed by atoms with Crippen LogP contribution in [0.4, 0.5) is 0 Å². The van der Waals surface area contributed by atoms with Gasteiger partial charge in [0.05, 0.1) is 26.8 Å². The van der Waals surface area contributed by atoms with Gasteiger partial charge in [0.25, 0.3) is 10.1 Å². The molecule has 36 heavy (non-hydrogen) atoms. The molecule has 0 amide bonds. The number of pyridine rings is 2. The molecule has 5 aromatic rings. The van der Waals surface area contributed by atoms with Gasteiger partial charge < -0.3 is 9.97 Å². The Balaban J connectivity index is 1.79. The third kappa shape index (κ3) is 3.97. The first-order valence-electron chi connectivity index (χ1n) is 11.0. The van der Waals surface area contributed by atoms with Crippen molar-refractivity contribution in [2.24, 2.45) is 0 Å². The molecule has 0 radical (unpaired) electrons. The van der Waals surface area contributed by atoms with Crippen LogP contribution in [0.25, 0.3) is 43.6 Å². The molecule has 4 N–H and O–H groups in total. The van der Waals surface area contributed by atoms with Crippen molar-refractivity contribution in [3.05, 3.63) is 75.0 Å². The van der Waals surface area contributed by atoms with E-state index in [1.54, 1.807) is 37.3 Å². The van der Waals surface area contributed by atoms with Crippen LogP contribution in [0.15, 0.2) is 69.1 Å². The molecular formula is C24H21N3O7S2. The van der Waals surface area contributed by atoms with Crippen LogP contribution in [0.3, 0.4) is 0 Å². The number of aromatic nitrogens is 2. The zero-order valence-corrected chi connectivity index (χ0v) is 20.5. The molecule has 5 rings (SSSR count). The monoisotopic (exact) mass is 527 g/mol. The van der Waals surface area contributed by atoms with E-state index in [1.165, 1.54) is 24.3 Å². The molecule has 0 saturated heterocycles. The number of H-pyrrole nitrogens is 2. The number of sulfonamides is 1. The second-order valence-electron chi connectivity index (χ2n) is 8.49. The van der Waals surface area contributed by atoms with Crippen LogP contribution in [0.5, 0.6) is 0 Å². The Morgan fingerprint density at radius 1 is 0.806 bits per heavy atom. The predicted molar refractivity (Wildman–Crippen MR) is 138 cm³/mol. The van der Waals surface area contributed by atoms with Gasteiger partial charge in [-0.25, -0.2) is 8.42 Å². The fraction of sp³-hybridized carbons (Fsp3) is 0.167. The molecule has 0 fully saturated rings. The standard InChI is InChI=1S/C24H21N3O7S2/c1-2-6-21(36(32,33)34)27-35(30,31)20-10-5-9-17-22(20)24(29)15-12-18-14(11-19(15)26-17)23(28)13-7-3-4-8-16(13)25-18/h3-5,7-12,21,27H,2,6H2,1H3,(H,25,28)(H,26,29)(H,32,33,34). The number of nitrogens with one attached hydrogen (secondary N) is 3. The van der Waals surface area contributed by atoms with Gasteiger partial charge in [0.2, 0.25) is 10.0 Å². The lowest BCUT2D eigenvalue weighted by molar-refractivity contribution is 0.453. The van der Waals surface area contributed by atoms with E-state index in [4.69, 9.17) is 0 Å². The Hall–Kier alpha value is -3.58. The summed E-state index contributed by atoms with van der Waals surface area (Å²) in [4.78, 5) is 32.4. The van der Waals surface area contributed by atoms with Gasteiger partial charge in [-0.2, -0.15) is 13.1 Å². The summed E-state index contributed by atoms with van der Waals surface area (Å²) >= 11 is 0. The Labute approximate surface area is 204 Å². The van der Waals surface area contributed by atoms with Crippen LogP contribution in [-0.4, -0.2) is 36.7 Å². The second kappa shape index (κ2) is 8.52. The Bertz CT molecular complexity index is 2030. The molecule has 1 unspecified atom stereocenters. The topological polar surface area (TPSA) is 166 Å². The normalized spacial score (nSPS) is 13.6. The third-order valence-corrected chi connectivity index (χ3v) is 8.83. The van der Waals surface area contributed by atoms with Crippen molar-refractivity contribution in [3.63, 3.8) is 0 Å². The Morgan fingerprint density at radius 3 is 2.08 bits per heavy atom. The summed E-state index contributed by atoms with van der Waals surface area (Å²) in [6.45, 7) is 1.64. The highest BCUT2D eigenvalue weighted by Gasteiger charge is 2.30. The van der Waals surface area contributed by atoms with Crippen LogP contribution < -0.4 is 15.6 Å². The number of para-hydroxylation sites is 1. The summed E-state index contributed by atoms with van der Waals surface area (Å²) < 4.78 is 61.3. The lowest BCUT2D eigenvalue weighted by atomic mass is 10.1. The highest BCUT2D eigenvalue weighted by molar-refractivity contribution is 7.92. The molecule has 0 spiro atoms. The third-order valence-electron chi connectivity index (χ3n) is 6.10. The summed E-state index contributed by atoms with van der Waals surface area (Å²) in [5.74, 6) is 0. The maximum Gasteiger partial charge on any atom is 0.282 e. The SMILES string of the molecule is CCCC(NS(=O)(=O)c1cccc2[nH]c3cc4c(=O)c5ccccc5[nH]c4cc3c(=O)c12)S(=O)(=O)O. The summed E-state index contributed by atoms with van der Waals surface area (Å²) in [5, 5.41) is -0.941. The van der Waals surface area contributed by atoms with Crippen LogP contribution in [0.2, 0.25) is 0 Å². The highest BCUT2D eigenvalue weighted by atomic mass is 32.2. The quantitative estimate of drug-likeness (QED) is 0.195. The number of fused-ring (bicyclic) bond motifs is 4. The van der Waals surface area contributed by atoms with Crippen molar-refractivity contribution in [1.82, 2.24) is 14.7 Å². The van der Waals surface area contributed by atoms with E-state index in [0.717, 1.165) is 0 Å². The lowest BCUT2D eigenvalue weighted by Gasteiger charge is -2.16. The van der Waals surface area contributed by atoms with Gasteiger partial charge in [-0.1, -0.05) is 31.5 Å². The predicted octanol–water partition coefficient (Wildman–Crippen LogP) is 2.97. The molecule has 10 nitrogen and oxygen atoms in total. The Morgan fingerprint density at radius 2 is 1.42 bits per heavy atom. The van der Waals surface area contributed by atoms with E-state index >= 15 is 0 Å². The minimum absolute atomic E-state index is 0.142. The van der Waals surface area contributed by atoms with Crippen LogP contribution >= 0.6 is 0 Å². The van der Waals surface area contributed by atoms with Crippen LogP contribution in [-0.2, 0) is 20.1 Å². The van der Waals surface area contributed by atoms with Gasteiger partial charge in [-0.15, -0.1) is 0 Å². The zero-order chi connectivity index (χ0) is 25.8. The van der Waals surface area contributed by atoms with Crippen molar-refractivity contribution in [2.75, 3.05) is 0 Å². The van der Waals surface area contributed by atoms with Crippen molar-refractivity contribution in [1.29, 1.82) is 0 Å². The van der Waals surface area contributed by atoms with Crippen molar-refractivity contribution >= 4 is 63.8 Å². The molecule has 0 saturated carbocycles. The molecular weight excluding hydrogens is 506 g/mol. The minimum atomic E-state index is -4.72. The van der Waals surface area contributed by atoms with Gasteiger partial charge in [0, 0.05) is 21.7 Å². The van der Waals surface area contributed by atoms with E-state index < -0.39 is 35.8 Å². The maximum absolute atomic E-state index is 13.6. The number of aromatic amines is 2. The van der Waals surface area contributed by atoms with E-state index in [9.17, 15) is 31.0 Å². The van der Waals surface area contributed by atoms with Gasteiger partial charge in [-0.05, 0) is 42.8 Å². The van der Waals surface area contributed by atoms with Gasteiger partial charge in [0.1, 0.15) is 5.37 Å². The zero-order valence-electron chi connectivity index (χ0n) is 18.9. The van der Waals surface area contributed by atoms with Crippen molar-refractivity contribution in [3.8, 4) is 0 Å². The lowest BCUT2D eigenvalue weighted by Crippen LogP contribution is -2.40. The highest BCUT2D eigenvalue weighted by Crippen LogP contribution is 2.25. The fourth-order valence-electron chi connectivity index (χ4n) is 4.40. The molecule has 0 aliphatic carbocycles. The van der Waals surface area contributed by atoms with Gasteiger partial charge in [-0.3, -0.25) is 14.1 Å². The van der Waals surface area contributed by atoms with Crippen molar-refractivity contribution in [2.45, 2.75) is 30.0 Å². The first-order chi connectivity index (χ1) is 17.0. The summed E-state index contributed by atoms with van der Waals surface area (Å²) in [5.41, 5.74) is 0.690. The molecule has 2 heterocycles. The first kappa shape index (κ1) is 24.1. The molecule has 186 valence electrons. The summed E-state index contributed by atoms with van der Waals surface area (Å²) in [7, 11) is -9.25. The van der Waals surface area contributed by atoms with E-state index in [-0.39, 0.29) is 34.6 Å². The van der Waals surface area contributed by atoms with Crippen LogP contribution in [0, 0.1) is 0 Å². The first-order valence-corrected chi connectivity index (χ1v) is 14.0. The molecule has 1 atom stereocenters. The molecule has 12 heteroatoms. The molecule has 0 bridgehead atoms. The minimum Gasteiger partial charge on any atom is -0.354 e. The van der Waals surface area contributed by atoms with E-state index in [1.807, 2.05) is 4.72 Å². The molecule has 0 aliphatic rings. The molecule has 0 aliphatic heterocycles.